The zero-order valence-electron chi connectivity index (χ0n) is 17.2. The highest BCUT2D eigenvalue weighted by Crippen LogP contribution is 2.35. The Morgan fingerprint density at radius 1 is 1.22 bits per heavy atom. The van der Waals surface area contributed by atoms with Crippen molar-refractivity contribution in [3.63, 3.8) is 0 Å². The number of carbonyl (C=O) groups is 1. The smallest absolute Gasteiger partial charge is 0.222 e. The van der Waals surface area contributed by atoms with Gasteiger partial charge in [0, 0.05) is 63.1 Å². The molecule has 1 spiro atoms. The molecular weight excluding hydrogens is 338 g/mol. The largest absolute Gasteiger partial charge is 0.342 e. The molecule has 0 bridgehead atoms. The van der Waals surface area contributed by atoms with Gasteiger partial charge < -0.3 is 9.47 Å². The van der Waals surface area contributed by atoms with Gasteiger partial charge in [-0.1, -0.05) is 0 Å². The third-order valence-electron chi connectivity index (χ3n) is 6.93. The van der Waals surface area contributed by atoms with E-state index in [2.05, 4.69) is 51.3 Å². The SMILES string of the molecule is CC(C)n1ccnc1CN1CCN(C)C2(CCC(=O)N(CC3CC3)CC2)C1. The van der Waals surface area contributed by atoms with Crippen LogP contribution in [0, 0.1) is 5.92 Å². The molecule has 1 amide bonds. The number of piperazine rings is 1. The van der Waals surface area contributed by atoms with Crippen LogP contribution >= 0.6 is 0 Å². The van der Waals surface area contributed by atoms with E-state index in [-0.39, 0.29) is 5.54 Å². The number of hydrogen-bond donors (Lipinski definition) is 0. The summed E-state index contributed by atoms with van der Waals surface area (Å²) in [4.78, 5) is 24.5. The normalized spacial score (nSPS) is 28.3. The summed E-state index contributed by atoms with van der Waals surface area (Å²) in [5.74, 6) is 2.31. The number of aromatic nitrogens is 2. The maximum Gasteiger partial charge on any atom is 0.222 e. The van der Waals surface area contributed by atoms with Gasteiger partial charge in [0.15, 0.2) is 0 Å². The molecule has 27 heavy (non-hydrogen) atoms. The molecule has 1 aromatic heterocycles. The molecule has 1 aliphatic carbocycles. The van der Waals surface area contributed by atoms with Gasteiger partial charge in [0.05, 0.1) is 6.54 Å². The lowest BCUT2D eigenvalue weighted by Gasteiger charge is -2.49. The quantitative estimate of drug-likeness (QED) is 0.795. The van der Waals surface area contributed by atoms with Gasteiger partial charge in [0.25, 0.3) is 0 Å². The van der Waals surface area contributed by atoms with E-state index in [9.17, 15) is 4.79 Å². The number of carbonyl (C=O) groups excluding carboxylic acids is 1. The lowest BCUT2D eigenvalue weighted by atomic mass is 9.86. The Labute approximate surface area is 163 Å². The lowest BCUT2D eigenvalue weighted by molar-refractivity contribution is -0.131. The fourth-order valence-electron chi connectivity index (χ4n) is 4.85. The van der Waals surface area contributed by atoms with E-state index in [0.29, 0.717) is 18.4 Å². The van der Waals surface area contributed by atoms with E-state index in [1.54, 1.807) is 0 Å². The van der Waals surface area contributed by atoms with Crippen LogP contribution in [-0.4, -0.2) is 75.5 Å². The predicted octanol–water partition coefficient (Wildman–Crippen LogP) is 2.37. The first-order chi connectivity index (χ1) is 13.0. The fraction of sp³-hybridized carbons (Fsp3) is 0.810. The molecule has 1 atom stereocenters. The van der Waals surface area contributed by atoms with Crippen molar-refractivity contribution in [2.75, 3.05) is 39.8 Å². The summed E-state index contributed by atoms with van der Waals surface area (Å²) < 4.78 is 2.28. The van der Waals surface area contributed by atoms with Crippen molar-refractivity contribution in [1.29, 1.82) is 0 Å². The molecule has 1 unspecified atom stereocenters. The van der Waals surface area contributed by atoms with Crippen molar-refractivity contribution in [1.82, 2.24) is 24.3 Å². The van der Waals surface area contributed by atoms with Crippen LogP contribution in [0.25, 0.3) is 0 Å². The third kappa shape index (κ3) is 4.06. The molecule has 3 aliphatic rings. The van der Waals surface area contributed by atoms with Gasteiger partial charge in [0.2, 0.25) is 5.91 Å². The average Bonchev–Trinajstić information content (AvgIpc) is 3.37. The van der Waals surface area contributed by atoms with Crippen molar-refractivity contribution in [3.05, 3.63) is 18.2 Å². The van der Waals surface area contributed by atoms with Crippen molar-refractivity contribution in [3.8, 4) is 0 Å². The maximum atomic E-state index is 12.6. The minimum absolute atomic E-state index is 0.126. The molecule has 150 valence electrons. The van der Waals surface area contributed by atoms with Gasteiger partial charge in [-0.15, -0.1) is 0 Å². The Morgan fingerprint density at radius 2 is 2.04 bits per heavy atom. The number of nitrogens with zero attached hydrogens (tertiary/aromatic N) is 5. The Bertz CT molecular complexity index is 667. The topological polar surface area (TPSA) is 44.6 Å². The first-order valence-electron chi connectivity index (χ1n) is 10.7. The second kappa shape index (κ2) is 7.55. The molecule has 6 nitrogen and oxygen atoms in total. The number of hydrogen-bond acceptors (Lipinski definition) is 4. The summed E-state index contributed by atoms with van der Waals surface area (Å²) in [5.41, 5.74) is 0.126. The van der Waals surface area contributed by atoms with Gasteiger partial charge in [-0.3, -0.25) is 14.6 Å². The van der Waals surface area contributed by atoms with Crippen molar-refractivity contribution in [2.45, 2.75) is 64.1 Å². The highest BCUT2D eigenvalue weighted by Gasteiger charge is 2.43. The Balaban J connectivity index is 1.44. The predicted molar refractivity (Wildman–Crippen MR) is 106 cm³/mol. The summed E-state index contributed by atoms with van der Waals surface area (Å²) in [6, 6.07) is 0.440. The molecule has 0 N–H and O–H groups in total. The molecule has 0 aromatic carbocycles. The number of amides is 1. The second-order valence-corrected chi connectivity index (χ2v) is 9.23. The lowest BCUT2D eigenvalue weighted by Crippen LogP contribution is -2.60. The summed E-state index contributed by atoms with van der Waals surface area (Å²) in [7, 11) is 2.26. The zero-order chi connectivity index (χ0) is 19.0. The minimum atomic E-state index is 0.126. The number of rotatable bonds is 5. The molecule has 4 rings (SSSR count). The van der Waals surface area contributed by atoms with Gasteiger partial charge in [-0.05, 0) is 52.5 Å². The van der Waals surface area contributed by atoms with Gasteiger partial charge >= 0.3 is 0 Å². The van der Waals surface area contributed by atoms with Gasteiger partial charge in [-0.25, -0.2) is 4.98 Å². The standard InChI is InChI=1S/C21H35N5O/c1-17(2)26-11-9-22-19(26)15-24-13-12-23(3)21(16-24)7-6-20(27)25(10-8-21)14-18-4-5-18/h9,11,17-18H,4-8,10,12-16H2,1-3H3. The average molecular weight is 374 g/mol. The van der Waals surface area contributed by atoms with E-state index in [1.807, 2.05) is 6.20 Å². The molecule has 3 heterocycles. The molecule has 3 fully saturated rings. The monoisotopic (exact) mass is 373 g/mol. The summed E-state index contributed by atoms with van der Waals surface area (Å²) >= 11 is 0. The number of imidazole rings is 1. The van der Waals surface area contributed by atoms with Crippen LogP contribution < -0.4 is 0 Å². The molecule has 2 saturated heterocycles. The van der Waals surface area contributed by atoms with Crippen LogP contribution in [0.3, 0.4) is 0 Å². The van der Waals surface area contributed by atoms with Crippen LogP contribution in [0.5, 0.6) is 0 Å². The number of likely N-dealkylation sites (tertiary alicyclic amines) is 1. The van der Waals surface area contributed by atoms with Crippen LogP contribution in [0.2, 0.25) is 0 Å². The molecule has 0 radical (unpaired) electrons. The Kier molecular flexibility index (Phi) is 5.30. The minimum Gasteiger partial charge on any atom is -0.342 e. The van der Waals surface area contributed by atoms with Crippen molar-refractivity contribution in [2.24, 2.45) is 5.92 Å². The third-order valence-corrected chi connectivity index (χ3v) is 6.93. The van der Waals surface area contributed by atoms with Crippen LogP contribution in [0.15, 0.2) is 12.4 Å². The van der Waals surface area contributed by atoms with Crippen molar-refractivity contribution >= 4 is 5.91 Å². The molecular formula is C21H35N5O. The molecule has 6 heteroatoms. The van der Waals surface area contributed by atoms with Crippen LogP contribution in [-0.2, 0) is 11.3 Å². The van der Waals surface area contributed by atoms with Crippen LogP contribution in [0.4, 0.5) is 0 Å². The highest BCUT2D eigenvalue weighted by molar-refractivity contribution is 5.76. The zero-order valence-corrected chi connectivity index (χ0v) is 17.2. The van der Waals surface area contributed by atoms with Gasteiger partial charge in [0.1, 0.15) is 5.82 Å². The van der Waals surface area contributed by atoms with E-state index in [0.717, 1.165) is 63.9 Å². The van der Waals surface area contributed by atoms with Gasteiger partial charge in [-0.2, -0.15) is 0 Å². The highest BCUT2D eigenvalue weighted by atomic mass is 16.2. The number of likely N-dealkylation sites (N-methyl/N-ethyl adjacent to an activating group) is 1. The molecule has 2 aliphatic heterocycles. The first kappa shape index (κ1) is 18.9. The summed E-state index contributed by atoms with van der Waals surface area (Å²) in [6.45, 7) is 10.4. The first-order valence-corrected chi connectivity index (χ1v) is 10.7. The molecule has 1 saturated carbocycles. The maximum absolute atomic E-state index is 12.6. The van der Waals surface area contributed by atoms with Crippen molar-refractivity contribution < 1.29 is 4.79 Å². The Morgan fingerprint density at radius 3 is 2.78 bits per heavy atom. The Hall–Kier alpha value is -1.40. The van der Waals surface area contributed by atoms with E-state index < -0.39 is 0 Å². The fourth-order valence-corrected chi connectivity index (χ4v) is 4.85. The van der Waals surface area contributed by atoms with E-state index in [1.165, 1.54) is 12.8 Å². The van der Waals surface area contributed by atoms with E-state index in [4.69, 9.17) is 0 Å². The van der Waals surface area contributed by atoms with Crippen LogP contribution in [0.1, 0.15) is 57.8 Å². The summed E-state index contributed by atoms with van der Waals surface area (Å²) in [5, 5.41) is 0. The van der Waals surface area contributed by atoms with E-state index >= 15 is 0 Å². The second-order valence-electron chi connectivity index (χ2n) is 9.23. The summed E-state index contributed by atoms with van der Waals surface area (Å²) in [6.07, 6.45) is 9.41. The molecule has 1 aromatic rings.